The first kappa shape index (κ1) is 16.6. The molecule has 0 heterocycles. The predicted molar refractivity (Wildman–Crippen MR) is 86.6 cm³/mol. The van der Waals surface area contributed by atoms with Crippen LogP contribution in [0.2, 0.25) is 0 Å². The Labute approximate surface area is 123 Å². The van der Waals surface area contributed by atoms with Crippen LogP contribution in [0, 0.1) is 5.41 Å². The van der Waals surface area contributed by atoms with Crippen molar-refractivity contribution < 1.29 is 4.79 Å². The maximum absolute atomic E-state index is 12.0. The molecule has 2 heteroatoms. The summed E-state index contributed by atoms with van der Waals surface area (Å²) in [5, 5.41) is 3.38. The number of hydrogen-bond acceptors (Lipinski definition) is 2. The van der Waals surface area contributed by atoms with Crippen molar-refractivity contribution >= 4 is 11.9 Å². The standard InChI is InChI=1S/C18H27NO/c1-5-13-19-14-16-9-7-15(8-10-16)11-12-17(20)18(3,4)6-2/h7-12,19H,5-6,13-14H2,1-4H3. The number of carbonyl (C=O) groups is 1. The first-order valence-corrected chi connectivity index (χ1v) is 7.51. The molecule has 0 aliphatic rings. The van der Waals surface area contributed by atoms with E-state index in [9.17, 15) is 4.79 Å². The zero-order chi connectivity index (χ0) is 15.0. The molecule has 0 unspecified atom stereocenters. The minimum atomic E-state index is -0.263. The molecule has 1 aromatic rings. The third-order valence-electron chi connectivity index (χ3n) is 3.71. The van der Waals surface area contributed by atoms with Crippen LogP contribution in [0.4, 0.5) is 0 Å². The molecule has 2 nitrogen and oxygen atoms in total. The Morgan fingerprint density at radius 2 is 1.85 bits per heavy atom. The van der Waals surface area contributed by atoms with E-state index in [1.54, 1.807) is 6.08 Å². The summed E-state index contributed by atoms with van der Waals surface area (Å²) in [7, 11) is 0. The second kappa shape index (κ2) is 8.01. The van der Waals surface area contributed by atoms with Gasteiger partial charge in [-0.2, -0.15) is 0 Å². The van der Waals surface area contributed by atoms with Gasteiger partial charge in [0, 0.05) is 12.0 Å². The minimum absolute atomic E-state index is 0.189. The van der Waals surface area contributed by atoms with Gasteiger partial charge in [0.25, 0.3) is 0 Å². The maximum Gasteiger partial charge on any atom is 0.161 e. The van der Waals surface area contributed by atoms with Gasteiger partial charge in [-0.05, 0) is 36.6 Å². The molecular formula is C18H27NO. The molecule has 0 radical (unpaired) electrons. The van der Waals surface area contributed by atoms with E-state index in [0.29, 0.717) is 0 Å². The highest BCUT2D eigenvalue weighted by molar-refractivity contribution is 5.97. The van der Waals surface area contributed by atoms with Gasteiger partial charge in [-0.25, -0.2) is 0 Å². The van der Waals surface area contributed by atoms with Crippen LogP contribution < -0.4 is 5.32 Å². The van der Waals surface area contributed by atoms with Gasteiger partial charge < -0.3 is 5.32 Å². The van der Waals surface area contributed by atoms with E-state index in [1.165, 1.54) is 5.56 Å². The minimum Gasteiger partial charge on any atom is -0.313 e. The Kier molecular flexibility index (Phi) is 6.66. The summed E-state index contributed by atoms with van der Waals surface area (Å²) >= 11 is 0. The van der Waals surface area contributed by atoms with Gasteiger partial charge >= 0.3 is 0 Å². The van der Waals surface area contributed by atoms with Crippen molar-refractivity contribution in [3.63, 3.8) is 0 Å². The van der Waals surface area contributed by atoms with E-state index in [2.05, 4.69) is 36.5 Å². The smallest absolute Gasteiger partial charge is 0.161 e. The third-order valence-corrected chi connectivity index (χ3v) is 3.71. The van der Waals surface area contributed by atoms with Crippen LogP contribution in [-0.4, -0.2) is 12.3 Å². The average molecular weight is 273 g/mol. The normalized spacial score (nSPS) is 12.0. The topological polar surface area (TPSA) is 29.1 Å². The Balaban J connectivity index is 2.59. The molecule has 0 fully saturated rings. The van der Waals surface area contributed by atoms with Gasteiger partial charge in [-0.3, -0.25) is 4.79 Å². The fourth-order valence-corrected chi connectivity index (χ4v) is 1.73. The number of carbonyl (C=O) groups excluding carboxylic acids is 1. The first-order chi connectivity index (χ1) is 9.49. The molecule has 0 aromatic heterocycles. The molecule has 1 N–H and O–H groups in total. The monoisotopic (exact) mass is 273 g/mol. The lowest BCUT2D eigenvalue weighted by atomic mass is 9.85. The van der Waals surface area contributed by atoms with Crippen LogP contribution in [0.5, 0.6) is 0 Å². The predicted octanol–water partition coefficient (Wildman–Crippen LogP) is 4.20. The van der Waals surface area contributed by atoms with E-state index >= 15 is 0 Å². The van der Waals surface area contributed by atoms with Crippen molar-refractivity contribution in [3.05, 3.63) is 41.5 Å². The second-order valence-electron chi connectivity index (χ2n) is 5.85. The van der Waals surface area contributed by atoms with Gasteiger partial charge in [0.05, 0.1) is 0 Å². The number of allylic oxidation sites excluding steroid dienone is 1. The van der Waals surface area contributed by atoms with E-state index in [1.807, 2.05) is 26.8 Å². The highest BCUT2D eigenvalue weighted by Crippen LogP contribution is 2.22. The number of benzene rings is 1. The van der Waals surface area contributed by atoms with Crippen molar-refractivity contribution in [2.24, 2.45) is 5.41 Å². The van der Waals surface area contributed by atoms with Crippen LogP contribution in [0.25, 0.3) is 6.08 Å². The molecule has 20 heavy (non-hydrogen) atoms. The van der Waals surface area contributed by atoms with Gasteiger partial charge in [0.15, 0.2) is 5.78 Å². The lowest BCUT2D eigenvalue weighted by Crippen LogP contribution is -2.20. The number of nitrogens with one attached hydrogen (secondary N) is 1. The molecule has 0 aliphatic heterocycles. The van der Waals surface area contributed by atoms with Crippen LogP contribution in [0.1, 0.15) is 51.7 Å². The fourth-order valence-electron chi connectivity index (χ4n) is 1.73. The summed E-state index contributed by atoms with van der Waals surface area (Å²) in [6.45, 7) is 10.1. The molecule has 0 bridgehead atoms. The van der Waals surface area contributed by atoms with Crippen molar-refractivity contribution in [1.29, 1.82) is 0 Å². The quantitative estimate of drug-likeness (QED) is 0.568. The summed E-state index contributed by atoms with van der Waals surface area (Å²) in [5.74, 6) is 0.189. The van der Waals surface area contributed by atoms with Crippen LogP contribution in [0.15, 0.2) is 30.3 Å². The molecule has 0 saturated carbocycles. The Morgan fingerprint density at radius 1 is 1.20 bits per heavy atom. The number of hydrogen-bond donors (Lipinski definition) is 1. The zero-order valence-corrected chi connectivity index (χ0v) is 13.2. The summed E-state index contributed by atoms with van der Waals surface area (Å²) in [5.41, 5.74) is 2.08. The molecule has 1 rings (SSSR count). The summed E-state index contributed by atoms with van der Waals surface area (Å²) in [6.07, 6.45) is 5.62. The van der Waals surface area contributed by atoms with Crippen molar-refractivity contribution in [1.82, 2.24) is 5.32 Å². The average Bonchev–Trinajstić information content (AvgIpc) is 2.46. The Hall–Kier alpha value is -1.41. The third kappa shape index (κ3) is 5.30. The summed E-state index contributed by atoms with van der Waals surface area (Å²) in [4.78, 5) is 12.0. The number of ketones is 1. The van der Waals surface area contributed by atoms with Crippen LogP contribution >= 0.6 is 0 Å². The van der Waals surface area contributed by atoms with Gasteiger partial charge in [-0.1, -0.05) is 58.0 Å². The Morgan fingerprint density at radius 3 is 2.40 bits per heavy atom. The molecule has 110 valence electrons. The fraction of sp³-hybridized carbons (Fsp3) is 0.500. The zero-order valence-electron chi connectivity index (χ0n) is 13.2. The lowest BCUT2D eigenvalue weighted by molar-refractivity contribution is -0.122. The van der Waals surface area contributed by atoms with Gasteiger partial charge in [-0.15, -0.1) is 0 Å². The maximum atomic E-state index is 12.0. The molecule has 1 aromatic carbocycles. The van der Waals surface area contributed by atoms with Crippen molar-refractivity contribution in [3.8, 4) is 0 Å². The second-order valence-corrected chi connectivity index (χ2v) is 5.85. The highest BCUT2D eigenvalue weighted by atomic mass is 16.1. The van der Waals surface area contributed by atoms with E-state index in [4.69, 9.17) is 0 Å². The summed E-state index contributed by atoms with van der Waals surface area (Å²) < 4.78 is 0. The highest BCUT2D eigenvalue weighted by Gasteiger charge is 2.22. The van der Waals surface area contributed by atoms with Gasteiger partial charge in [0.1, 0.15) is 0 Å². The molecule has 0 aliphatic carbocycles. The first-order valence-electron chi connectivity index (χ1n) is 7.51. The Bertz CT molecular complexity index is 443. The van der Waals surface area contributed by atoms with Gasteiger partial charge in [0.2, 0.25) is 0 Å². The van der Waals surface area contributed by atoms with E-state index < -0.39 is 0 Å². The molecule has 0 saturated heterocycles. The molecular weight excluding hydrogens is 246 g/mol. The molecule has 0 spiro atoms. The van der Waals surface area contributed by atoms with Crippen LogP contribution in [0.3, 0.4) is 0 Å². The molecule has 0 amide bonds. The largest absolute Gasteiger partial charge is 0.313 e. The van der Waals surface area contributed by atoms with Crippen molar-refractivity contribution in [2.75, 3.05) is 6.54 Å². The number of rotatable bonds is 8. The van der Waals surface area contributed by atoms with E-state index in [0.717, 1.165) is 31.5 Å². The van der Waals surface area contributed by atoms with Crippen molar-refractivity contribution in [2.45, 2.75) is 47.1 Å². The molecule has 0 atom stereocenters. The lowest BCUT2D eigenvalue weighted by Gasteiger charge is -2.18. The summed E-state index contributed by atoms with van der Waals surface area (Å²) in [6, 6.07) is 8.34. The SMILES string of the molecule is CCCNCc1ccc(C=CC(=O)C(C)(C)CC)cc1. The van der Waals surface area contributed by atoms with E-state index in [-0.39, 0.29) is 11.2 Å². The van der Waals surface area contributed by atoms with Crippen LogP contribution in [-0.2, 0) is 11.3 Å².